The highest BCUT2D eigenvalue weighted by Gasteiger charge is 2.00. The average Bonchev–Trinajstić information content (AvgIpc) is 2.12. The summed E-state index contributed by atoms with van der Waals surface area (Å²) in [5, 5.41) is 0. The van der Waals surface area contributed by atoms with Gasteiger partial charge in [-0.2, -0.15) is 8.42 Å². The molecule has 0 bridgehead atoms. The fourth-order valence-corrected chi connectivity index (χ4v) is 1.18. The molecular weight excluding hydrogens is 188 g/mol. The molecule has 1 aromatic carbocycles. The Labute approximate surface area is 82.7 Å². The molecule has 0 N–H and O–H groups in total. The van der Waals surface area contributed by atoms with Crippen molar-refractivity contribution in [2.75, 3.05) is 12.9 Å². The first-order valence-electron chi connectivity index (χ1n) is 5.21. The molecule has 0 aromatic heterocycles. The SMILES string of the molecule is [2H]c1cc(CCOS(C)(=O)=O)cc([2H])c1[2H]. The molecule has 0 heterocycles. The Balaban J connectivity index is 2.69. The third-order valence-corrected chi connectivity index (χ3v) is 1.94. The van der Waals surface area contributed by atoms with Crippen molar-refractivity contribution in [2.45, 2.75) is 6.42 Å². The van der Waals surface area contributed by atoms with Crippen LogP contribution in [0.4, 0.5) is 0 Å². The van der Waals surface area contributed by atoms with Crippen LogP contribution in [0, 0.1) is 0 Å². The Morgan fingerprint density at radius 3 is 2.54 bits per heavy atom. The van der Waals surface area contributed by atoms with Crippen LogP contribution in [0.3, 0.4) is 0 Å². The molecule has 0 fully saturated rings. The van der Waals surface area contributed by atoms with Gasteiger partial charge in [-0.05, 0) is 12.0 Å². The van der Waals surface area contributed by atoms with Crippen molar-refractivity contribution in [3.05, 3.63) is 35.8 Å². The minimum atomic E-state index is -3.45. The fourth-order valence-electron chi connectivity index (χ4n) is 0.796. The van der Waals surface area contributed by atoms with Crippen LogP contribution in [0.15, 0.2) is 30.3 Å². The van der Waals surface area contributed by atoms with E-state index in [-0.39, 0.29) is 24.7 Å². The summed E-state index contributed by atoms with van der Waals surface area (Å²) in [6.45, 7) is -0.0188. The maximum atomic E-state index is 10.7. The summed E-state index contributed by atoms with van der Waals surface area (Å²) >= 11 is 0. The van der Waals surface area contributed by atoms with Gasteiger partial charge in [-0.1, -0.05) is 30.3 Å². The molecule has 0 radical (unpaired) electrons. The maximum Gasteiger partial charge on any atom is 0.264 e. The van der Waals surface area contributed by atoms with Gasteiger partial charge in [-0.15, -0.1) is 0 Å². The van der Waals surface area contributed by atoms with Crippen LogP contribution in [0.2, 0.25) is 0 Å². The van der Waals surface area contributed by atoms with E-state index in [9.17, 15) is 8.42 Å². The Morgan fingerprint density at radius 2 is 2.00 bits per heavy atom. The lowest BCUT2D eigenvalue weighted by molar-refractivity contribution is 0.326. The van der Waals surface area contributed by atoms with E-state index in [1.165, 1.54) is 12.1 Å². The highest BCUT2D eigenvalue weighted by molar-refractivity contribution is 7.85. The van der Waals surface area contributed by atoms with Crippen LogP contribution in [-0.4, -0.2) is 21.3 Å². The number of hydrogen-bond acceptors (Lipinski definition) is 3. The standard InChI is InChI=1S/C9H12O3S/c1-13(10,11)12-8-7-9-5-3-2-4-6-9/h2-6H,7-8H2,1H3/i2D,3D,4D. The summed E-state index contributed by atoms with van der Waals surface area (Å²) in [5.74, 6) is 0. The Hall–Kier alpha value is -0.870. The van der Waals surface area contributed by atoms with Gasteiger partial charge < -0.3 is 0 Å². The number of rotatable bonds is 4. The molecule has 4 heteroatoms. The lowest BCUT2D eigenvalue weighted by Gasteiger charge is -2.00. The van der Waals surface area contributed by atoms with Crippen LogP contribution in [-0.2, 0) is 20.7 Å². The molecule has 1 aromatic rings. The maximum absolute atomic E-state index is 10.7. The lowest BCUT2D eigenvalue weighted by Crippen LogP contribution is -2.05. The molecule has 72 valence electrons. The zero-order chi connectivity index (χ0) is 12.3. The second kappa shape index (κ2) is 4.39. The van der Waals surface area contributed by atoms with Gasteiger partial charge in [0.1, 0.15) is 0 Å². The second-order valence-corrected chi connectivity index (χ2v) is 4.20. The molecule has 0 saturated carbocycles. The van der Waals surface area contributed by atoms with Gasteiger partial charge in [-0.25, -0.2) is 0 Å². The van der Waals surface area contributed by atoms with Crippen molar-refractivity contribution in [1.29, 1.82) is 0 Å². The van der Waals surface area contributed by atoms with E-state index in [0.717, 1.165) is 6.26 Å². The molecule has 0 spiro atoms. The first-order chi connectivity index (χ1) is 7.29. The Bertz CT molecular complexity index is 462. The topological polar surface area (TPSA) is 43.4 Å². The van der Waals surface area contributed by atoms with E-state index in [0.29, 0.717) is 12.0 Å². The summed E-state index contributed by atoms with van der Waals surface area (Å²) in [4.78, 5) is 0. The second-order valence-electron chi connectivity index (χ2n) is 2.55. The van der Waals surface area contributed by atoms with E-state index in [4.69, 9.17) is 4.11 Å². The van der Waals surface area contributed by atoms with Crippen LogP contribution in [0.25, 0.3) is 0 Å². The van der Waals surface area contributed by atoms with Gasteiger partial charge in [-0.3, -0.25) is 4.18 Å². The highest BCUT2D eigenvalue weighted by atomic mass is 32.2. The summed E-state index contributed by atoms with van der Waals surface area (Å²) in [5.41, 5.74) is 0.620. The molecule has 1 rings (SSSR count). The first kappa shape index (κ1) is 6.56. The van der Waals surface area contributed by atoms with Gasteiger partial charge in [0.2, 0.25) is 0 Å². The van der Waals surface area contributed by atoms with Crippen molar-refractivity contribution in [1.82, 2.24) is 0 Å². The van der Waals surface area contributed by atoms with Gasteiger partial charge >= 0.3 is 0 Å². The lowest BCUT2D eigenvalue weighted by atomic mass is 10.2. The normalized spacial score (nSPS) is 14.7. The van der Waals surface area contributed by atoms with E-state index < -0.39 is 10.1 Å². The third kappa shape index (κ3) is 4.65. The van der Waals surface area contributed by atoms with Gasteiger partial charge in [0.15, 0.2) is 0 Å². The van der Waals surface area contributed by atoms with E-state index in [2.05, 4.69) is 4.18 Å². The predicted octanol–water partition coefficient (Wildman–Crippen LogP) is 1.21. The zero-order valence-electron chi connectivity index (χ0n) is 10.2. The van der Waals surface area contributed by atoms with Crippen molar-refractivity contribution >= 4 is 10.1 Å². The third-order valence-electron chi connectivity index (χ3n) is 1.35. The summed E-state index contributed by atoms with van der Waals surface area (Å²) in [6, 6.07) is 2.66. The van der Waals surface area contributed by atoms with Crippen LogP contribution >= 0.6 is 0 Å². The van der Waals surface area contributed by atoms with Gasteiger partial charge in [0, 0.05) is 0 Å². The molecule has 3 nitrogen and oxygen atoms in total. The molecule has 0 atom stereocenters. The molecule has 0 amide bonds. The van der Waals surface area contributed by atoms with Crippen LogP contribution < -0.4 is 0 Å². The Morgan fingerprint density at radius 1 is 1.38 bits per heavy atom. The van der Waals surface area contributed by atoms with Crippen molar-refractivity contribution < 1.29 is 16.7 Å². The van der Waals surface area contributed by atoms with E-state index in [1.54, 1.807) is 0 Å². The molecule has 0 aliphatic heterocycles. The molecule has 0 unspecified atom stereocenters. The van der Waals surface area contributed by atoms with E-state index >= 15 is 0 Å². The summed E-state index contributed by atoms with van der Waals surface area (Å²) < 4.78 is 48.0. The first-order valence-corrected chi connectivity index (χ1v) is 5.52. The quantitative estimate of drug-likeness (QED) is 0.691. The van der Waals surface area contributed by atoms with Gasteiger partial charge in [0.25, 0.3) is 10.1 Å². The molecule has 0 aliphatic rings. The molecular formula is C9H12O3S. The smallest absolute Gasteiger partial charge is 0.264 e. The number of hydrogen-bond donors (Lipinski definition) is 0. The Kier molecular flexibility index (Phi) is 2.22. The highest BCUT2D eigenvalue weighted by Crippen LogP contribution is 2.00. The van der Waals surface area contributed by atoms with Crippen molar-refractivity contribution in [3.63, 3.8) is 0 Å². The van der Waals surface area contributed by atoms with Gasteiger partial charge in [0.05, 0.1) is 17.0 Å². The van der Waals surface area contributed by atoms with E-state index in [1.807, 2.05) is 0 Å². The van der Waals surface area contributed by atoms with Crippen molar-refractivity contribution in [3.8, 4) is 0 Å². The molecule has 13 heavy (non-hydrogen) atoms. The van der Waals surface area contributed by atoms with Crippen LogP contribution in [0.1, 0.15) is 9.68 Å². The molecule has 0 aliphatic carbocycles. The largest absolute Gasteiger partial charge is 0.270 e. The molecule has 0 saturated heterocycles. The average molecular weight is 203 g/mol. The number of benzene rings is 1. The monoisotopic (exact) mass is 203 g/mol. The minimum absolute atomic E-state index is 0.0188. The summed E-state index contributed by atoms with van der Waals surface area (Å²) in [6.07, 6.45) is 1.26. The van der Waals surface area contributed by atoms with Crippen LogP contribution in [0.5, 0.6) is 0 Å². The minimum Gasteiger partial charge on any atom is -0.270 e. The van der Waals surface area contributed by atoms with Crippen molar-refractivity contribution in [2.24, 2.45) is 0 Å². The summed E-state index contributed by atoms with van der Waals surface area (Å²) in [7, 11) is -3.45. The zero-order valence-corrected chi connectivity index (χ0v) is 8.02. The fraction of sp³-hybridized carbons (Fsp3) is 0.333. The predicted molar refractivity (Wildman–Crippen MR) is 50.9 cm³/mol.